The number of alkyl halides is 3. The van der Waals surface area contributed by atoms with Crippen molar-refractivity contribution >= 4 is 5.91 Å². The number of halogens is 3. The number of nitrogens with zero attached hydrogens (tertiary/aromatic N) is 4. The van der Waals surface area contributed by atoms with Gasteiger partial charge in [0.2, 0.25) is 0 Å². The van der Waals surface area contributed by atoms with Gasteiger partial charge in [-0.15, -0.1) is 0 Å². The number of imidazole rings is 1. The van der Waals surface area contributed by atoms with E-state index < -0.39 is 17.8 Å². The summed E-state index contributed by atoms with van der Waals surface area (Å²) in [7, 11) is 0. The second kappa shape index (κ2) is 5.23. The molecule has 3 N–H and O–H groups in total. The molecule has 0 saturated carbocycles. The van der Waals surface area contributed by atoms with E-state index in [1.54, 1.807) is 12.1 Å². The van der Waals surface area contributed by atoms with E-state index in [-0.39, 0.29) is 22.9 Å². The third-order valence-electron chi connectivity index (χ3n) is 2.97. The molecule has 118 valence electrons. The molecule has 0 saturated heterocycles. The van der Waals surface area contributed by atoms with Crippen LogP contribution in [0.3, 0.4) is 0 Å². The zero-order chi connectivity index (χ0) is 16.6. The Labute approximate surface area is 127 Å². The molecule has 7 nitrogen and oxygen atoms in total. The van der Waals surface area contributed by atoms with Crippen LogP contribution in [0, 0.1) is 0 Å². The summed E-state index contributed by atoms with van der Waals surface area (Å²) in [6, 6.07) is 4.77. The molecule has 3 aromatic rings. The zero-order valence-corrected chi connectivity index (χ0v) is 11.4. The smallest absolute Gasteiger partial charge is 0.363 e. The first-order chi connectivity index (χ1) is 10.9. The Bertz CT molecular complexity index is 852. The highest BCUT2D eigenvalue weighted by Crippen LogP contribution is 2.35. The van der Waals surface area contributed by atoms with E-state index in [2.05, 4.69) is 20.1 Å². The number of hydrogen-bond acceptors (Lipinski definition) is 4. The lowest BCUT2D eigenvalue weighted by atomic mass is 10.2. The van der Waals surface area contributed by atoms with Gasteiger partial charge in [0.15, 0.2) is 17.3 Å². The van der Waals surface area contributed by atoms with Gasteiger partial charge in [-0.1, -0.05) is 6.07 Å². The summed E-state index contributed by atoms with van der Waals surface area (Å²) in [5.74, 6) is -0.889. The topological polar surface area (TPSA) is 102 Å². The summed E-state index contributed by atoms with van der Waals surface area (Å²) < 4.78 is 40.6. The SMILES string of the molecule is NC(=O)c1ncc(-c2cn(-c3ccccn3)nc2C(F)(F)F)[nH]1. The van der Waals surface area contributed by atoms with Gasteiger partial charge in [0.05, 0.1) is 17.5 Å². The summed E-state index contributed by atoms with van der Waals surface area (Å²) in [6.45, 7) is 0. The van der Waals surface area contributed by atoms with Crippen molar-refractivity contribution in [2.75, 3.05) is 0 Å². The largest absolute Gasteiger partial charge is 0.435 e. The fraction of sp³-hybridized carbons (Fsp3) is 0.0769. The second-order valence-corrected chi connectivity index (χ2v) is 4.53. The molecule has 0 atom stereocenters. The molecule has 10 heteroatoms. The van der Waals surface area contributed by atoms with E-state index in [4.69, 9.17) is 5.73 Å². The maximum absolute atomic E-state index is 13.2. The standard InChI is InChI=1S/C13H9F3N6O/c14-13(15,16)10-7(8-5-19-12(20-8)11(17)23)6-22(21-10)9-3-1-2-4-18-9/h1-6H,(H2,17,23)(H,19,20). The van der Waals surface area contributed by atoms with Crippen LogP contribution in [0.1, 0.15) is 16.3 Å². The van der Waals surface area contributed by atoms with E-state index >= 15 is 0 Å². The Balaban J connectivity index is 2.14. The summed E-state index contributed by atoms with van der Waals surface area (Å²) >= 11 is 0. The number of nitrogens with one attached hydrogen (secondary N) is 1. The molecule has 0 fully saturated rings. The fourth-order valence-electron chi connectivity index (χ4n) is 1.97. The van der Waals surface area contributed by atoms with E-state index in [1.165, 1.54) is 12.3 Å². The first-order valence-electron chi connectivity index (χ1n) is 6.29. The first-order valence-corrected chi connectivity index (χ1v) is 6.29. The predicted molar refractivity (Wildman–Crippen MR) is 72.5 cm³/mol. The molecule has 0 unspecified atom stereocenters. The van der Waals surface area contributed by atoms with Gasteiger partial charge in [-0.3, -0.25) is 4.79 Å². The lowest BCUT2D eigenvalue weighted by Crippen LogP contribution is -2.12. The van der Waals surface area contributed by atoms with Crippen LogP contribution >= 0.6 is 0 Å². The number of aromatic amines is 1. The van der Waals surface area contributed by atoms with E-state index in [0.29, 0.717) is 0 Å². The van der Waals surface area contributed by atoms with Crippen LogP contribution in [0.2, 0.25) is 0 Å². The number of carbonyl (C=O) groups is 1. The maximum Gasteiger partial charge on any atom is 0.435 e. The second-order valence-electron chi connectivity index (χ2n) is 4.53. The van der Waals surface area contributed by atoms with Gasteiger partial charge in [-0.2, -0.15) is 18.3 Å². The third kappa shape index (κ3) is 2.78. The summed E-state index contributed by atoms with van der Waals surface area (Å²) in [4.78, 5) is 21.1. The summed E-state index contributed by atoms with van der Waals surface area (Å²) in [6.07, 6.45) is -1.00. The predicted octanol–water partition coefficient (Wildman–Crippen LogP) is 1.78. The summed E-state index contributed by atoms with van der Waals surface area (Å²) in [5.41, 5.74) is 3.64. The molecule has 0 aromatic carbocycles. The van der Waals surface area contributed by atoms with E-state index in [1.807, 2.05) is 0 Å². The first kappa shape index (κ1) is 14.8. The lowest BCUT2D eigenvalue weighted by molar-refractivity contribution is -0.140. The minimum Gasteiger partial charge on any atom is -0.363 e. The number of rotatable bonds is 3. The van der Waals surface area contributed by atoms with Crippen molar-refractivity contribution in [2.45, 2.75) is 6.18 Å². The molecule has 3 rings (SSSR count). The van der Waals surface area contributed by atoms with Gasteiger partial charge >= 0.3 is 6.18 Å². The highest BCUT2D eigenvalue weighted by atomic mass is 19.4. The van der Waals surface area contributed by atoms with Gasteiger partial charge < -0.3 is 10.7 Å². The van der Waals surface area contributed by atoms with Gasteiger partial charge in [0, 0.05) is 12.4 Å². The number of amides is 1. The van der Waals surface area contributed by atoms with Crippen LogP contribution in [0.5, 0.6) is 0 Å². The van der Waals surface area contributed by atoms with E-state index in [0.717, 1.165) is 17.1 Å². The third-order valence-corrected chi connectivity index (χ3v) is 2.97. The van der Waals surface area contributed by atoms with Gasteiger partial charge in [0.25, 0.3) is 5.91 Å². The number of primary amides is 1. The molecular weight excluding hydrogens is 313 g/mol. The minimum atomic E-state index is -4.69. The number of hydrogen-bond donors (Lipinski definition) is 2. The minimum absolute atomic E-state index is 0.0201. The Hall–Kier alpha value is -3.17. The number of aromatic nitrogens is 5. The monoisotopic (exact) mass is 322 g/mol. The quantitative estimate of drug-likeness (QED) is 0.767. The van der Waals surface area contributed by atoms with Crippen molar-refractivity contribution < 1.29 is 18.0 Å². The normalized spacial score (nSPS) is 11.6. The molecule has 0 spiro atoms. The van der Waals surface area contributed by atoms with Gasteiger partial charge in [-0.05, 0) is 12.1 Å². The Morgan fingerprint density at radius 1 is 1.26 bits per heavy atom. The van der Waals surface area contributed by atoms with Crippen molar-refractivity contribution in [3.05, 3.63) is 48.3 Å². The number of pyridine rings is 1. The molecule has 1 amide bonds. The van der Waals surface area contributed by atoms with Crippen molar-refractivity contribution in [1.29, 1.82) is 0 Å². The molecule has 0 aliphatic heterocycles. The van der Waals surface area contributed by atoms with Crippen LogP contribution in [-0.2, 0) is 6.18 Å². The molecule has 0 aliphatic carbocycles. The molecule has 0 radical (unpaired) electrons. The Morgan fingerprint density at radius 3 is 2.61 bits per heavy atom. The van der Waals surface area contributed by atoms with Crippen LogP contribution < -0.4 is 5.73 Å². The average molecular weight is 322 g/mol. The molecule has 3 aromatic heterocycles. The van der Waals surface area contributed by atoms with Crippen LogP contribution in [0.15, 0.2) is 36.8 Å². The lowest BCUT2D eigenvalue weighted by Gasteiger charge is -2.04. The van der Waals surface area contributed by atoms with Crippen molar-refractivity contribution in [1.82, 2.24) is 24.7 Å². The van der Waals surface area contributed by atoms with Crippen molar-refractivity contribution in [3.8, 4) is 17.1 Å². The van der Waals surface area contributed by atoms with E-state index in [9.17, 15) is 18.0 Å². The fourth-order valence-corrected chi connectivity index (χ4v) is 1.97. The van der Waals surface area contributed by atoms with Crippen molar-refractivity contribution in [2.24, 2.45) is 5.73 Å². The molecular formula is C13H9F3N6O. The van der Waals surface area contributed by atoms with Crippen LogP contribution in [0.4, 0.5) is 13.2 Å². The molecule has 3 heterocycles. The highest BCUT2D eigenvalue weighted by molar-refractivity contribution is 5.89. The zero-order valence-electron chi connectivity index (χ0n) is 11.4. The summed E-state index contributed by atoms with van der Waals surface area (Å²) in [5, 5.41) is 3.55. The Morgan fingerprint density at radius 2 is 2.04 bits per heavy atom. The molecule has 0 aliphatic rings. The van der Waals surface area contributed by atoms with Crippen molar-refractivity contribution in [3.63, 3.8) is 0 Å². The van der Waals surface area contributed by atoms with Crippen LogP contribution in [-0.4, -0.2) is 30.6 Å². The molecule has 0 bridgehead atoms. The average Bonchev–Trinajstić information content (AvgIpc) is 3.14. The van der Waals surface area contributed by atoms with Gasteiger partial charge in [-0.25, -0.2) is 14.6 Å². The number of H-pyrrole nitrogens is 1. The van der Waals surface area contributed by atoms with Crippen LogP contribution in [0.25, 0.3) is 17.1 Å². The maximum atomic E-state index is 13.2. The number of nitrogens with two attached hydrogens (primary N) is 1. The molecule has 23 heavy (non-hydrogen) atoms. The Kier molecular flexibility index (Phi) is 3.36. The van der Waals surface area contributed by atoms with Gasteiger partial charge in [0.1, 0.15) is 0 Å². The number of carbonyl (C=O) groups excluding carboxylic acids is 1. The highest BCUT2D eigenvalue weighted by Gasteiger charge is 2.38.